The minimum atomic E-state index is -10.7. The molecule has 0 unspecified atom stereocenters. The first-order valence-electron chi connectivity index (χ1n) is 12.9. The second-order valence-electron chi connectivity index (χ2n) is 8.46. The topological polar surface area (TPSA) is 94.2 Å². The summed E-state index contributed by atoms with van der Waals surface area (Å²) < 4.78 is 83.8. The Hall–Kier alpha value is -2.67. The fourth-order valence-electron chi connectivity index (χ4n) is 2.94. The standard InChI is InChI=1S/C19H19ClFN5O2.C6H6.C3H7.CH3.ClH.F6P.Ru/c1-27-17-10-16-13(9-18(17)28-7-6-23-5-4-22)19(25-11-24-16)26-12-2-3-15(21)14(20)8-12;1-2-4-6-5-3-1;1-3-2;;;1-7(2,3,4,5)6;/h2-3,8-11,22H,4-7H2,1H3,(H,24,25,26);1-6H;3H,1-2H3;1H3;1H;;/q-2;;+1;-1;;-1;+4/p-1. The molecular formula is C29H35Cl2F7N5O2PRu. The SMILES string of the molecule is COc1cc2ncnc(Nc3ccc(F)c(Cl)c3)c2cc1OCC[N-]CC[NH-].C[CH+]C.F[P-](F)(F)(F)(F)F.[CH3-].[Cl][Ru+3].c1ccccc1. The van der Waals surface area contributed by atoms with Crippen molar-refractivity contribution in [3.05, 3.63) is 109 Å². The van der Waals surface area contributed by atoms with Crippen LogP contribution in [0.25, 0.3) is 22.0 Å². The molecule has 3 aromatic carbocycles. The first-order valence-corrected chi connectivity index (χ1v) is 17.5. The average Bonchev–Trinajstić information content (AvgIpc) is 3.00. The van der Waals surface area contributed by atoms with E-state index in [0.717, 1.165) is 0 Å². The van der Waals surface area contributed by atoms with Gasteiger partial charge in [0.15, 0.2) is 11.5 Å². The summed E-state index contributed by atoms with van der Waals surface area (Å²) in [5.41, 5.74) is 8.35. The number of nitrogens with zero attached hydrogens (tertiary/aromatic N) is 3. The van der Waals surface area contributed by atoms with Gasteiger partial charge in [0.05, 0.1) is 44.5 Å². The van der Waals surface area contributed by atoms with Crippen LogP contribution >= 0.6 is 29.1 Å². The van der Waals surface area contributed by atoms with Crippen LogP contribution in [-0.4, -0.2) is 43.3 Å². The third-order valence-corrected chi connectivity index (χ3v) is 4.84. The van der Waals surface area contributed by atoms with Gasteiger partial charge in [-0.15, -0.1) is 6.54 Å². The van der Waals surface area contributed by atoms with Gasteiger partial charge < -0.3 is 33.3 Å². The summed E-state index contributed by atoms with van der Waals surface area (Å²) in [6.45, 7) is 5.61. The largest absolute Gasteiger partial charge is 0.0623 e. The van der Waals surface area contributed by atoms with Crippen LogP contribution in [0.3, 0.4) is 0 Å². The Morgan fingerprint density at radius 1 is 0.915 bits per heavy atom. The molecule has 47 heavy (non-hydrogen) atoms. The third-order valence-electron chi connectivity index (χ3n) is 4.55. The van der Waals surface area contributed by atoms with Crippen molar-refractivity contribution in [1.82, 2.24) is 9.97 Å². The monoisotopic (exact) mass is 821 g/mol. The van der Waals surface area contributed by atoms with Gasteiger partial charge in [-0.05, 0) is 24.3 Å². The Balaban J connectivity index is 0. The predicted octanol–water partition coefficient (Wildman–Crippen LogP) is 12.4. The summed E-state index contributed by atoms with van der Waals surface area (Å²) >= 11 is 7.67. The summed E-state index contributed by atoms with van der Waals surface area (Å²) in [6, 6.07) is 19.9. The van der Waals surface area contributed by atoms with Crippen LogP contribution < -0.4 is 14.8 Å². The number of aromatic nitrogens is 2. The van der Waals surface area contributed by atoms with E-state index in [1.54, 1.807) is 25.3 Å². The van der Waals surface area contributed by atoms with Crippen LogP contribution in [-0.2, 0) is 17.3 Å². The van der Waals surface area contributed by atoms with Crippen molar-refractivity contribution < 1.29 is 56.4 Å². The van der Waals surface area contributed by atoms with E-state index < -0.39 is 13.6 Å². The molecular weight excluding hydrogens is 786 g/mol. The van der Waals surface area contributed by atoms with Crippen LogP contribution in [0.5, 0.6) is 11.5 Å². The first-order chi connectivity index (χ1) is 21.5. The maximum absolute atomic E-state index is 13.4. The van der Waals surface area contributed by atoms with Gasteiger partial charge in [0, 0.05) is 17.1 Å². The summed E-state index contributed by atoms with van der Waals surface area (Å²) in [7, 11) is -4.53. The van der Waals surface area contributed by atoms with Crippen molar-refractivity contribution in [3.63, 3.8) is 0 Å². The quantitative estimate of drug-likeness (QED) is 0.0597. The number of benzene rings is 3. The summed E-state index contributed by atoms with van der Waals surface area (Å²) in [4.78, 5) is 8.55. The molecule has 0 fully saturated rings. The zero-order valence-electron chi connectivity index (χ0n) is 25.7. The van der Waals surface area contributed by atoms with Crippen LogP contribution in [0.1, 0.15) is 13.8 Å². The summed E-state index contributed by atoms with van der Waals surface area (Å²) in [5.74, 6) is 1.11. The maximum Gasteiger partial charge on any atom is -0.0623 e. The van der Waals surface area contributed by atoms with Gasteiger partial charge in [-0.3, -0.25) is 0 Å². The molecule has 0 atom stereocenters. The molecule has 264 valence electrons. The van der Waals surface area contributed by atoms with E-state index in [-0.39, 0.29) is 19.0 Å². The molecule has 0 aliphatic carbocycles. The van der Waals surface area contributed by atoms with Crippen LogP contribution in [0.4, 0.5) is 41.1 Å². The number of hydrogen-bond donors (Lipinski definition) is 1. The van der Waals surface area contributed by atoms with E-state index in [4.69, 9.17) is 26.8 Å². The van der Waals surface area contributed by atoms with Crippen molar-refractivity contribution in [2.75, 3.05) is 38.7 Å². The van der Waals surface area contributed by atoms with E-state index in [1.807, 2.05) is 74.0 Å². The maximum atomic E-state index is 13.4. The minimum absolute atomic E-state index is 0. The fraction of sp³-hybridized carbons (Fsp3) is 0.241. The van der Waals surface area contributed by atoms with Crippen LogP contribution in [0.15, 0.2) is 73.1 Å². The van der Waals surface area contributed by atoms with Crippen molar-refractivity contribution in [2.24, 2.45) is 0 Å². The normalized spacial score (nSPS) is 11.3. The van der Waals surface area contributed by atoms with Crippen LogP contribution in [0.2, 0.25) is 5.02 Å². The van der Waals surface area contributed by atoms with Gasteiger partial charge in [0.25, 0.3) is 0 Å². The van der Waals surface area contributed by atoms with Gasteiger partial charge in [0.1, 0.15) is 18.0 Å². The Morgan fingerprint density at radius 2 is 1.45 bits per heavy atom. The second-order valence-corrected chi connectivity index (χ2v) is 10.8. The van der Waals surface area contributed by atoms with Crippen molar-refractivity contribution in [1.29, 1.82) is 0 Å². The Morgan fingerprint density at radius 3 is 1.91 bits per heavy atom. The van der Waals surface area contributed by atoms with Gasteiger partial charge in [-0.25, -0.2) is 14.4 Å². The molecule has 4 aromatic rings. The average molecular weight is 822 g/mol. The second kappa shape index (κ2) is 22.1. The molecule has 2 N–H and O–H groups in total. The van der Waals surface area contributed by atoms with Gasteiger partial charge in [-0.1, -0.05) is 48.0 Å². The number of hydrogen-bond acceptors (Lipinski definition) is 5. The van der Waals surface area contributed by atoms with Gasteiger partial charge in [0.2, 0.25) is 0 Å². The van der Waals surface area contributed by atoms with E-state index in [2.05, 4.69) is 30.3 Å². The molecule has 1 aromatic heterocycles. The molecule has 0 spiro atoms. The Labute approximate surface area is 289 Å². The van der Waals surface area contributed by atoms with Crippen molar-refractivity contribution in [2.45, 2.75) is 13.8 Å². The molecule has 0 saturated carbocycles. The zero-order valence-corrected chi connectivity index (χ0v) is 29.8. The summed E-state index contributed by atoms with van der Waals surface area (Å²) in [6.07, 6.45) is 3.43. The number of nitrogens with one attached hydrogen (secondary N) is 2. The van der Waals surface area contributed by atoms with E-state index in [1.165, 1.54) is 18.5 Å². The van der Waals surface area contributed by atoms with Crippen LogP contribution in [0, 0.1) is 19.7 Å². The molecule has 18 heteroatoms. The number of ether oxygens (including phenoxy) is 2. The number of halogens is 9. The van der Waals surface area contributed by atoms with Crippen molar-refractivity contribution >= 4 is 51.5 Å². The Bertz CT molecular complexity index is 1400. The number of methoxy groups -OCH3 is 1. The van der Waals surface area contributed by atoms with E-state index in [0.29, 0.717) is 53.6 Å². The number of rotatable bonds is 9. The number of anilines is 2. The Kier molecular flexibility index (Phi) is 21.8. The molecule has 4 rings (SSSR count). The zero-order chi connectivity index (χ0) is 35.3. The molecule has 0 bridgehead atoms. The number of fused-ring (bicyclic) bond motifs is 1. The smallest absolute Gasteiger partial charge is 0.0623 e. The molecule has 1 heterocycles. The first kappa shape index (κ1) is 46.5. The van der Waals surface area contributed by atoms with E-state index >= 15 is 0 Å². The van der Waals surface area contributed by atoms with Gasteiger partial charge >= 0.3 is 60.0 Å². The minimum Gasteiger partial charge on any atom is -0.0623 e. The predicted molar refractivity (Wildman–Crippen MR) is 176 cm³/mol. The van der Waals surface area contributed by atoms with E-state index in [9.17, 15) is 29.6 Å². The molecule has 0 aliphatic rings. The molecule has 0 saturated heterocycles. The summed E-state index contributed by atoms with van der Waals surface area (Å²) in [5, 5.41) is 8.03. The van der Waals surface area contributed by atoms with Gasteiger partial charge in [-0.2, -0.15) is 13.1 Å². The molecule has 0 amide bonds. The molecule has 0 radical (unpaired) electrons. The fourth-order valence-corrected chi connectivity index (χ4v) is 3.12. The molecule has 0 aliphatic heterocycles. The molecule has 7 nitrogen and oxygen atoms in total. The van der Waals surface area contributed by atoms with Crippen molar-refractivity contribution in [3.8, 4) is 11.5 Å². The third kappa shape index (κ3) is 24.2.